The van der Waals surface area contributed by atoms with Gasteiger partial charge >= 0.3 is 5.97 Å². The molecule has 1 aromatic carbocycles. The first-order valence-electron chi connectivity index (χ1n) is 9.63. The fourth-order valence-electron chi connectivity index (χ4n) is 3.28. The summed E-state index contributed by atoms with van der Waals surface area (Å²) >= 11 is 0. The van der Waals surface area contributed by atoms with Crippen molar-refractivity contribution in [2.24, 2.45) is 0 Å². The minimum absolute atomic E-state index is 0.0297. The number of esters is 1. The van der Waals surface area contributed by atoms with E-state index in [4.69, 9.17) is 14.6 Å². The summed E-state index contributed by atoms with van der Waals surface area (Å²) < 4.78 is 11.2. The van der Waals surface area contributed by atoms with Crippen LogP contribution in [0.4, 0.5) is 5.82 Å². The Labute approximate surface area is 178 Å². The van der Waals surface area contributed by atoms with Crippen LogP contribution < -0.4 is 20.1 Å². The summed E-state index contributed by atoms with van der Waals surface area (Å²) in [7, 11) is 0. The molecule has 164 valence electrons. The molecule has 31 heavy (non-hydrogen) atoms. The van der Waals surface area contributed by atoms with Gasteiger partial charge in [-0.05, 0) is 38.0 Å². The molecule has 2 heterocycles. The lowest BCUT2D eigenvalue weighted by Gasteiger charge is -2.24. The number of nitrogens with zero attached hydrogens (tertiary/aromatic N) is 1. The van der Waals surface area contributed by atoms with Gasteiger partial charge in [-0.2, -0.15) is 0 Å². The molecular formula is C21H24N4O6. The number of hydrogen-bond donors (Lipinski definition) is 4. The van der Waals surface area contributed by atoms with E-state index in [1.807, 2.05) is 13.8 Å². The van der Waals surface area contributed by atoms with Gasteiger partial charge in [0.05, 0.1) is 18.5 Å². The average molecular weight is 428 g/mol. The number of carbonyl (C=O) groups excluding carboxylic acids is 3. The van der Waals surface area contributed by atoms with Crippen molar-refractivity contribution in [1.29, 1.82) is 0 Å². The first-order chi connectivity index (χ1) is 14.7. The van der Waals surface area contributed by atoms with Gasteiger partial charge in [-0.25, -0.2) is 4.98 Å². The molecule has 3 rings (SSSR count). The Bertz CT molecular complexity index is 1090. The zero-order valence-corrected chi connectivity index (χ0v) is 17.7. The molecule has 0 aliphatic carbocycles. The standard InChI is InChI=1S/C21H24N4O6/c1-10-11(2)18-15(12(3)17(10)31-13(4)27)7-14(8-30-18)20(28)25-19-16(23-9-24-19)21(29)22-5-6-26/h7,9,26H,5-6,8H2,1-4H3,(H,22,29)(H,23,24)(H,25,28). The van der Waals surface area contributed by atoms with Crippen molar-refractivity contribution in [1.82, 2.24) is 15.3 Å². The van der Waals surface area contributed by atoms with Crippen molar-refractivity contribution in [3.05, 3.63) is 39.8 Å². The predicted octanol–water partition coefficient (Wildman–Crippen LogP) is 1.40. The molecule has 0 fully saturated rings. The average Bonchev–Trinajstić information content (AvgIpc) is 3.21. The van der Waals surface area contributed by atoms with Crippen molar-refractivity contribution >= 4 is 29.7 Å². The number of aliphatic hydroxyl groups is 1. The van der Waals surface area contributed by atoms with E-state index in [-0.39, 0.29) is 31.3 Å². The van der Waals surface area contributed by atoms with Gasteiger partial charge in [0.2, 0.25) is 0 Å². The number of aliphatic hydroxyl groups excluding tert-OH is 1. The number of ether oxygens (including phenoxy) is 2. The number of benzene rings is 1. The van der Waals surface area contributed by atoms with Crippen LogP contribution in [0.2, 0.25) is 0 Å². The van der Waals surface area contributed by atoms with Gasteiger partial charge in [0.25, 0.3) is 11.8 Å². The Hall–Kier alpha value is -3.66. The van der Waals surface area contributed by atoms with Crippen molar-refractivity contribution in [2.45, 2.75) is 27.7 Å². The highest BCUT2D eigenvalue weighted by Crippen LogP contribution is 2.41. The van der Waals surface area contributed by atoms with Crippen LogP contribution in [0.15, 0.2) is 11.9 Å². The number of H-pyrrole nitrogens is 1. The molecule has 10 nitrogen and oxygen atoms in total. The highest BCUT2D eigenvalue weighted by Gasteiger charge is 2.26. The molecule has 0 saturated carbocycles. The number of aromatic nitrogens is 2. The maximum Gasteiger partial charge on any atom is 0.308 e. The van der Waals surface area contributed by atoms with Crippen molar-refractivity contribution in [3.8, 4) is 11.5 Å². The molecule has 1 aromatic heterocycles. The molecule has 2 aromatic rings. The molecular weight excluding hydrogens is 404 g/mol. The molecule has 0 unspecified atom stereocenters. The highest BCUT2D eigenvalue weighted by atomic mass is 16.5. The third-order valence-corrected chi connectivity index (χ3v) is 4.96. The van der Waals surface area contributed by atoms with Crippen LogP contribution in [0.5, 0.6) is 11.5 Å². The molecule has 0 bridgehead atoms. The molecule has 0 saturated heterocycles. The number of fused-ring (bicyclic) bond motifs is 1. The largest absolute Gasteiger partial charge is 0.488 e. The molecule has 4 N–H and O–H groups in total. The summed E-state index contributed by atoms with van der Waals surface area (Å²) in [5, 5.41) is 13.9. The lowest BCUT2D eigenvalue weighted by Crippen LogP contribution is -2.28. The van der Waals surface area contributed by atoms with E-state index in [9.17, 15) is 14.4 Å². The molecule has 1 aliphatic heterocycles. The number of carbonyl (C=O) groups is 3. The second-order valence-electron chi connectivity index (χ2n) is 7.06. The van der Waals surface area contributed by atoms with Crippen molar-refractivity contribution in [2.75, 3.05) is 25.1 Å². The second kappa shape index (κ2) is 9.00. The van der Waals surface area contributed by atoms with Gasteiger partial charge in [0.1, 0.15) is 23.8 Å². The van der Waals surface area contributed by atoms with E-state index in [1.54, 1.807) is 13.0 Å². The van der Waals surface area contributed by atoms with Crippen LogP contribution in [0.1, 0.15) is 39.7 Å². The van der Waals surface area contributed by atoms with Gasteiger partial charge in [-0.1, -0.05) is 0 Å². The molecule has 0 spiro atoms. The summed E-state index contributed by atoms with van der Waals surface area (Å²) in [5.74, 6) is -0.291. The predicted molar refractivity (Wildman–Crippen MR) is 112 cm³/mol. The third kappa shape index (κ3) is 4.43. The zero-order valence-electron chi connectivity index (χ0n) is 17.7. The summed E-state index contributed by atoms with van der Waals surface area (Å²) in [5.41, 5.74) is 3.34. The van der Waals surface area contributed by atoms with E-state index >= 15 is 0 Å². The maximum absolute atomic E-state index is 12.8. The quantitative estimate of drug-likeness (QED) is 0.402. The topological polar surface area (TPSA) is 143 Å². The van der Waals surface area contributed by atoms with Gasteiger partial charge < -0.3 is 30.2 Å². The number of imidazole rings is 1. The Morgan fingerprint density at radius 2 is 1.94 bits per heavy atom. The molecule has 0 radical (unpaired) electrons. The monoisotopic (exact) mass is 428 g/mol. The van der Waals surface area contributed by atoms with Crippen molar-refractivity contribution in [3.63, 3.8) is 0 Å². The fraction of sp³-hybridized carbons (Fsp3) is 0.333. The van der Waals surface area contributed by atoms with Crippen LogP contribution in [-0.4, -0.2) is 52.6 Å². The first kappa shape index (κ1) is 22.0. The Kier molecular flexibility index (Phi) is 6.40. The second-order valence-corrected chi connectivity index (χ2v) is 7.06. The third-order valence-electron chi connectivity index (χ3n) is 4.96. The van der Waals surface area contributed by atoms with Gasteiger partial charge in [-0.15, -0.1) is 0 Å². The number of aromatic amines is 1. The van der Waals surface area contributed by atoms with Gasteiger partial charge in [0, 0.05) is 24.6 Å². The molecule has 10 heteroatoms. The lowest BCUT2D eigenvalue weighted by atomic mass is 9.94. The van der Waals surface area contributed by atoms with Crippen LogP contribution >= 0.6 is 0 Å². The molecule has 0 atom stereocenters. The summed E-state index contributed by atoms with van der Waals surface area (Å²) in [4.78, 5) is 43.1. The highest BCUT2D eigenvalue weighted by molar-refractivity contribution is 6.10. The normalized spacial score (nSPS) is 12.4. The van der Waals surface area contributed by atoms with Gasteiger partial charge in [0.15, 0.2) is 5.82 Å². The summed E-state index contributed by atoms with van der Waals surface area (Å²) in [6.45, 7) is 6.72. The Morgan fingerprint density at radius 3 is 2.61 bits per heavy atom. The number of nitrogens with one attached hydrogen (secondary N) is 3. The maximum atomic E-state index is 12.8. The molecule has 2 amide bonds. The number of amides is 2. The van der Waals surface area contributed by atoms with E-state index in [1.165, 1.54) is 13.3 Å². The minimum atomic E-state index is -0.506. The van der Waals surface area contributed by atoms with E-state index in [2.05, 4.69) is 20.6 Å². The minimum Gasteiger partial charge on any atom is -0.488 e. The van der Waals surface area contributed by atoms with Crippen LogP contribution in [0.3, 0.4) is 0 Å². The number of hydrogen-bond acceptors (Lipinski definition) is 7. The smallest absolute Gasteiger partial charge is 0.308 e. The SMILES string of the molecule is CC(=O)Oc1c(C)c(C)c2c(c1C)C=C(C(=O)Nc1nc[nH]c1C(=O)NCCO)CO2. The lowest BCUT2D eigenvalue weighted by molar-refractivity contribution is -0.132. The van der Waals surface area contributed by atoms with Crippen LogP contribution in [-0.2, 0) is 9.59 Å². The first-order valence-corrected chi connectivity index (χ1v) is 9.63. The van der Waals surface area contributed by atoms with E-state index in [0.29, 0.717) is 28.2 Å². The fourth-order valence-corrected chi connectivity index (χ4v) is 3.28. The van der Waals surface area contributed by atoms with Gasteiger partial charge in [-0.3, -0.25) is 14.4 Å². The van der Waals surface area contributed by atoms with Crippen molar-refractivity contribution < 1.29 is 29.0 Å². The number of anilines is 1. The summed E-state index contributed by atoms with van der Waals surface area (Å²) in [6, 6.07) is 0. The Balaban J connectivity index is 1.90. The zero-order chi connectivity index (χ0) is 22.7. The van der Waals surface area contributed by atoms with E-state index in [0.717, 1.165) is 11.1 Å². The van der Waals surface area contributed by atoms with Crippen LogP contribution in [0.25, 0.3) is 6.08 Å². The summed E-state index contributed by atoms with van der Waals surface area (Å²) in [6.07, 6.45) is 2.97. The molecule has 1 aliphatic rings. The van der Waals surface area contributed by atoms with Crippen LogP contribution in [0, 0.1) is 20.8 Å². The number of rotatable bonds is 6. The Morgan fingerprint density at radius 1 is 1.19 bits per heavy atom. The van der Waals surface area contributed by atoms with E-state index < -0.39 is 17.8 Å².